The minimum Gasteiger partial charge on any atom is -0.353 e. The third-order valence-electron chi connectivity index (χ3n) is 4.39. The zero-order valence-corrected chi connectivity index (χ0v) is 15.5. The van der Waals surface area contributed by atoms with Crippen LogP contribution in [0.25, 0.3) is 0 Å². The van der Waals surface area contributed by atoms with E-state index in [1.54, 1.807) is 0 Å². The molecule has 24 heavy (non-hydrogen) atoms. The Labute approximate surface area is 152 Å². The molecule has 1 aliphatic heterocycles. The highest BCUT2D eigenvalue weighted by atomic mass is 35.5. The quantitative estimate of drug-likeness (QED) is 0.807. The van der Waals surface area contributed by atoms with Gasteiger partial charge < -0.3 is 15.2 Å². The van der Waals surface area contributed by atoms with Crippen molar-refractivity contribution in [1.29, 1.82) is 0 Å². The third-order valence-corrected chi connectivity index (χ3v) is 5.02. The van der Waals surface area contributed by atoms with E-state index in [2.05, 4.69) is 32.3 Å². The van der Waals surface area contributed by atoms with Crippen LogP contribution in [0.1, 0.15) is 49.4 Å². The fourth-order valence-corrected chi connectivity index (χ4v) is 3.45. The summed E-state index contributed by atoms with van der Waals surface area (Å²) < 4.78 is 2.23. The lowest BCUT2D eigenvalue weighted by molar-refractivity contribution is 0.559. The highest BCUT2D eigenvalue weighted by Gasteiger charge is 2.19. The van der Waals surface area contributed by atoms with Crippen LogP contribution in [0.2, 0.25) is 5.02 Å². The minimum atomic E-state index is -0.0103. The van der Waals surface area contributed by atoms with Crippen LogP contribution < -0.4 is 10.6 Å². The lowest BCUT2D eigenvalue weighted by Gasteiger charge is -2.18. The molecule has 2 heterocycles. The molecule has 0 bridgehead atoms. The van der Waals surface area contributed by atoms with E-state index in [9.17, 15) is 0 Å². The van der Waals surface area contributed by atoms with Crippen LogP contribution in [0.4, 0.5) is 5.69 Å². The first kappa shape index (κ1) is 17.2. The summed E-state index contributed by atoms with van der Waals surface area (Å²) in [6.07, 6.45) is 4.62. The first-order chi connectivity index (χ1) is 11.6. The molecule has 0 unspecified atom stereocenters. The molecule has 0 amide bonds. The van der Waals surface area contributed by atoms with Gasteiger partial charge in [-0.3, -0.25) is 0 Å². The van der Waals surface area contributed by atoms with Crippen LogP contribution in [0.5, 0.6) is 0 Å². The van der Waals surface area contributed by atoms with E-state index in [1.807, 2.05) is 25.1 Å². The van der Waals surface area contributed by atoms with E-state index in [0.717, 1.165) is 40.9 Å². The number of nitrogens with zero attached hydrogens (tertiary/aromatic N) is 3. The highest BCUT2D eigenvalue weighted by Crippen LogP contribution is 2.23. The number of fused-ring (bicyclic) bond motifs is 1. The molecule has 0 saturated heterocycles. The number of hydrogen-bond acceptors (Lipinski definition) is 3. The highest BCUT2D eigenvalue weighted by molar-refractivity contribution is 7.80. The number of halogens is 1. The molecule has 1 aliphatic rings. The molecule has 3 rings (SSSR count). The van der Waals surface area contributed by atoms with Crippen molar-refractivity contribution < 1.29 is 0 Å². The van der Waals surface area contributed by atoms with Crippen molar-refractivity contribution in [2.45, 2.75) is 52.1 Å². The number of benzene rings is 1. The fourth-order valence-electron chi connectivity index (χ4n) is 2.99. The first-order valence-electron chi connectivity index (χ1n) is 8.31. The molecule has 0 spiro atoms. The molecule has 128 valence electrons. The van der Waals surface area contributed by atoms with Crippen LogP contribution in [-0.2, 0) is 13.0 Å². The van der Waals surface area contributed by atoms with Crippen molar-refractivity contribution in [2.24, 2.45) is 0 Å². The standard InChI is InChI=1S/C17H22ClN5S/c1-11-13(18)7-6-8-14(11)20-17(24)19-12(2)16-22-21-15-9-4-3-5-10-23(15)16/h6-8,12H,3-5,9-10H2,1-2H3,(H2,19,20,24)/t12-/m1/s1. The summed E-state index contributed by atoms with van der Waals surface area (Å²) in [5.41, 5.74) is 1.89. The third kappa shape index (κ3) is 3.70. The SMILES string of the molecule is Cc1c(Cl)cccc1NC(=S)N[C@H](C)c1nnc2n1CCCCC2. The average Bonchev–Trinajstić information content (AvgIpc) is 2.81. The van der Waals surface area contributed by atoms with E-state index in [-0.39, 0.29) is 6.04 Å². The van der Waals surface area contributed by atoms with Gasteiger partial charge in [0, 0.05) is 23.7 Å². The molecule has 0 aliphatic carbocycles. The number of aryl methyl sites for hydroxylation is 1. The molecule has 2 aromatic rings. The van der Waals surface area contributed by atoms with E-state index in [4.69, 9.17) is 23.8 Å². The molecule has 0 fully saturated rings. The van der Waals surface area contributed by atoms with Gasteiger partial charge in [-0.2, -0.15) is 0 Å². The van der Waals surface area contributed by atoms with Crippen LogP contribution in [0, 0.1) is 6.92 Å². The van der Waals surface area contributed by atoms with Crippen LogP contribution in [-0.4, -0.2) is 19.9 Å². The maximum Gasteiger partial charge on any atom is 0.171 e. The number of anilines is 1. The molecular formula is C17H22ClN5S. The lowest BCUT2D eigenvalue weighted by Crippen LogP contribution is -2.32. The van der Waals surface area contributed by atoms with Crippen molar-refractivity contribution >= 4 is 34.6 Å². The van der Waals surface area contributed by atoms with Gasteiger partial charge in [-0.1, -0.05) is 24.1 Å². The van der Waals surface area contributed by atoms with Crippen molar-refractivity contribution in [3.05, 3.63) is 40.4 Å². The second kappa shape index (κ2) is 7.49. The number of thiocarbonyl (C=S) groups is 1. The maximum atomic E-state index is 6.15. The Balaban J connectivity index is 1.68. The van der Waals surface area contributed by atoms with E-state index in [1.165, 1.54) is 19.3 Å². The molecule has 0 saturated carbocycles. The van der Waals surface area contributed by atoms with Crippen LogP contribution in [0.3, 0.4) is 0 Å². The fraction of sp³-hybridized carbons (Fsp3) is 0.471. The minimum absolute atomic E-state index is 0.0103. The summed E-state index contributed by atoms with van der Waals surface area (Å²) in [4.78, 5) is 0. The summed E-state index contributed by atoms with van der Waals surface area (Å²) in [7, 11) is 0. The Hall–Kier alpha value is -1.66. The van der Waals surface area contributed by atoms with Gasteiger partial charge in [-0.05, 0) is 56.6 Å². The Morgan fingerprint density at radius 1 is 1.29 bits per heavy atom. The second-order valence-electron chi connectivity index (χ2n) is 6.17. The Kier molecular flexibility index (Phi) is 5.36. The largest absolute Gasteiger partial charge is 0.353 e. The second-order valence-corrected chi connectivity index (χ2v) is 6.98. The van der Waals surface area contributed by atoms with Gasteiger partial charge >= 0.3 is 0 Å². The Morgan fingerprint density at radius 2 is 2.12 bits per heavy atom. The Bertz CT molecular complexity index is 743. The number of aromatic nitrogens is 3. The molecule has 0 radical (unpaired) electrons. The molecule has 5 nitrogen and oxygen atoms in total. The van der Waals surface area contributed by atoms with Gasteiger partial charge in [0.05, 0.1) is 6.04 Å². The molecule has 1 aromatic carbocycles. The van der Waals surface area contributed by atoms with E-state index >= 15 is 0 Å². The summed E-state index contributed by atoms with van der Waals surface area (Å²) in [6.45, 7) is 5.01. The summed E-state index contributed by atoms with van der Waals surface area (Å²) in [5, 5.41) is 16.5. The van der Waals surface area contributed by atoms with Gasteiger partial charge in [0.25, 0.3) is 0 Å². The van der Waals surface area contributed by atoms with Gasteiger partial charge in [0.2, 0.25) is 0 Å². The zero-order chi connectivity index (χ0) is 17.1. The molecule has 1 aromatic heterocycles. The first-order valence-corrected chi connectivity index (χ1v) is 9.09. The predicted molar refractivity (Wildman–Crippen MR) is 102 cm³/mol. The van der Waals surface area contributed by atoms with E-state index in [0.29, 0.717) is 5.11 Å². The lowest BCUT2D eigenvalue weighted by atomic mass is 10.2. The summed E-state index contributed by atoms with van der Waals surface area (Å²) >= 11 is 11.6. The number of rotatable bonds is 3. The maximum absolute atomic E-state index is 6.15. The number of hydrogen-bond donors (Lipinski definition) is 2. The van der Waals surface area contributed by atoms with Crippen LogP contribution >= 0.6 is 23.8 Å². The monoisotopic (exact) mass is 363 g/mol. The van der Waals surface area contributed by atoms with Crippen LogP contribution in [0.15, 0.2) is 18.2 Å². The van der Waals surface area contributed by atoms with Crippen molar-refractivity contribution in [1.82, 2.24) is 20.1 Å². The number of nitrogens with one attached hydrogen (secondary N) is 2. The Morgan fingerprint density at radius 3 is 2.96 bits per heavy atom. The van der Waals surface area contributed by atoms with Crippen molar-refractivity contribution in [3.63, 3.8) is 0 Å². The molecule has 1 atom stereocenters. The molecular weight excluding hydrogens is 342 g/mol. The van der Waals surface area contributed by atoms with Gasteiger partial charge in [0.15, 0.2) is 10.9 Å². The normalized spacial score (nSPS) is 15.3. The van der Waals surface area contributed by atoms with Crippen molar-refractivity contribution in [3.8, 4) is 0 Å². The van der Waals surface area contributed by atoms with Crippen molar-refractivity contribution in [2.75, 3.05) is 5.32 Å². The van der Waals surface area contributed by atoms with Gasteiger partial charge in [-0.25, -0.2) is 0 Å². The van der Waals surface area contributed by atoms with Gasteiger partial charge in [-0.15, -0.1) is 10.2 Å². The summed E-state index contributed by atoms with van der Waals surface area (Å²) in [5.74, 6) is 2.03. The average molecular weight is 364 g/mol. The smallest absolute Gasteiger partial charge is 0.171 e. The topological polar surface area (TPSA) is 54.8 Å². The molecule has 7 heteroatoms. The van der Waals surface area contributed by atoms with Gasteiger partial charge in [0.1, 0.15) is 5.82 Å². The summed E-state index contributed by atoms with van der Waals surface area (Å²) in [6, 6.07) is 5.72. The van der Waals surface area contributed by atoms with E-state index < -0.39 is 0 Å². The predicted octanol–water partition coefficient (Wildman–Crippen LogP) is 4.01. The molecule has 2 N–H and O–H groups in total. The zero-order valence-electron chi connectivity index (χ0n) is 14.0.